The van der Waals surface area contributed by atoms with Crippen LogP contribution in [0.5, 0.6) is 11.5 Å². The average molecular weight is 765 g/mol. The Hall–Kier alpha value is -2.95. The Balaban J connectivity index is 0.00000100. The topological polar surface area (TPSA) is 83.6 Å². The number of hydrogen-bond donors (Lipinski definition) is 2. The first-order valence-electron chi connectivity index (χ1n) is 18.4. The van der Waals surface area contributed by atoms with Gasteiger partial charge in [-0.25, -0.2) is 13.2 Å². The second kappa shape index (κ2) is 20.1. The van der Waals surface area contributed by atoms with Crippen LogP contribution in [0.1, 0.15) is 155 Å². The van der Waals surface area contributed by atoms with E-state index in [1.807, 2.05) is 50.5 Å². The molecule has 0 spiro atoms. The van der Waals surface area contributed by atoms with Gasteiger partial charge in [-0.2, -0.15) is 12.8 Å². The Morgan fingerprint density at radius 1 is 0.585 bits per heavy atom. The zero-order valence-electron chi connectivity index (χ0n) is 34.1. The molecule has 5 rings (SSSR count). The summed E-state index contributed by atoms with van der Waals surface area (Å²) in [5.41, 5.74) is 7.31. The van der Waals surface area contributed by atoms with E-state index in [0.717, 1.165) is 53.9 Å². The fourth-order valence-electron chi connectivity index (χ4n) is 5.48. The van der Waals surface area contributed by atoms with Crippen LogP contribution >= 0.6 is 0 Å². The molecular weight excluding hydrogens is 697 g/mol. The summed E-state index contributed by atoms with van der Waals surface area (Å²) in [6.07, 6.45) is 8.22. The van der Waals surface area contributed by atoms with Gasteiger partial charge in [0, 0.05) is 65.3 Å². The molecule has 2 fully saturated rings. The Labute approximate surface area is 333 Å². The largest absolute Gasteiger partial charge is 0.552 e. The Morgan fingerprint density at radius 2 is 0.981 bits per heavy atom. The molecule has 0 radical (unpaired) electrons. The predicted molar refractivity (Wildman–Crippen MR) is 222 cm³/mol. The van der Waals surface area contributed by atoms with Crippen molar-refractivity contribution in [3.63, 3.8) is 0 Å². The van der Waals surface area contributed by atoms with Gasteiger partial charge in [-0.1, -0.05) is 122 Å². The molecule has 0 bridgehead atoms. The van der Waals surface area contributed by atoms with E-state index in [1.54, 1.807) is 12.4 Å². The fourth-order valence-corrected chi connectivity index (χ4v) is 5.48. The first-order valence-corrected chi connectivity index (χ1v) is 18.4. The van der Waals surface area contributed by atoms with Gasteiger partial charge in [0.15, 0.2) is 0 Å². The normalized spacial score (nSPS) is 15.0. The summed E-state index contributed by atoms with van der Waals surface area (Å²) >= 11 is 0. The van der Waals surface area contributed by atoms with Gasteiger partial charge in [0.2, 0.25) is 0 Å². The number of aliphatic imine (C=N–C) groups is 2. The SMILES string of the molecule is C.Cc1ccc(N=Cc2cc(C(C)(C)C)cc(C(C)(C)C)c2O)c(N=Cc2cc(C(C)(C)C)cc(C(C)(C)C)c2O)c1.[CH-]1CCCO1.[CH-]1CCCO1.[Cr]. The van der Waals surface area contributed by atoms with Gasteiger partial charge in [-0.3, -0.25) is 9.98 Å². The van der Waals surface area contributed by atoms with Gasteiger partial charge >= 0.3 is 0 Å². The molecule has 294 valence electrons. The van der Waals surface area contributed by atoms with E-state index in [9.17, 15) is 10.2 Å². The molecule has 2 aliphatic heterocycles. The van der Waals surface area contributed by atoms with Gasteiger partial charge in [-0.15, -0.1) is 0 Å². The molecule has 2 heterocycles. The van der Waals surface area contributed by atoms with Crippen molar-refractivity contribution in [1.29, 1.82) is 0 Å². The molecule has 0 aromatic heterocycles. The maximum atomic E-state index is 11.2. The van der Waals surface area contributed by atoms with Crippen molar-refractivity contribution in [2.75, 3.05) is 13.2 Å². The summed E-state index contributed by atoms with van der Waals surface area (Å²) in [7, 11) is 0. The second-order valence-electron chi connectivity index (χ2n) is 17.8. The molecule has 0 amide bonds. The quantitative estimate of drug-likeness (QED) is 0.205. The van der Waals surface area contributed by atoms with Crippen molar-refractivity contribution in [1.82, 2.24) is 0 Å². The third-order valence-corrected chi connectivity index (χ3v) is 8.85. The maximum absolute atomic E-state index is 11.2. The standard InChI is InChI=1S/C37H50N2O2.2C4H7O.CH4.Cr/c1-23-14-15-30(38-21-24-17-26(34(2,3)4)19-28(32(24)40)36(8,9)10)31(16-23)39-22-25-18-27(35(5,6)7)20-29(33(25)41)37(11,12)13;2*1-2-4-5-3-1;;/h14-22,40-41H,1-13H3;2*3H,1-2,4H2;1H4;/q;2*-1;;. The van der Waals surface area contributed by atoms with E-state index < -0.39 is 0 Å². The van der Waals surface area contributed by atoms with Crippen LogP contribution in [-0.4, -0.2) is 35.9 Å². The van der Waals surface area contributed by atoms with Crippen molar-refractivity contribution >= 4 is 23.8 Å². The molecule has 0 saturated carbocycles. The molecule has 53 heavy (non-hydrogen) atoms. The van der Waals surface area contributed by atoms with E-state index >= 15 is 0 Å². The van der Waals surface area contributed by atoms with Gasteiger partial charge in [0.25, 0.3) is 0 Å². The monoisotopic (exact) mass is 764 g/mol. The van der Waals surface area contributed by atoms with Crippen LogP contribution in [0.2, 0.25) is 0 Å². The number of phenols is 2. The van der Waals surface area contributed by atoms with Crippen LogP contribution in [-0.2, 0) is 48.5 Å². The zero-order chi connectivity index (χ0) is 38.2. The molecule has 6 nitrogen and oxygen atoms in total. The molecule has 3 aromatic carbocycles. The van der Waals surface area contributed by atoms with Crippen LogP contribution in [0, 0.1) is 20.1 Å². The van der Waals surface area contributed by atoms with Crippen LogP contribution in [0.3, 0.4) is 0 Å². The van der Waals surface area contributed by atoms with Crippen molar-refractivity contribution < 1.29 is 37.0 Å². The minimum atomic E-state index is -0.220. The number of nitrogens with zero attached hydrogens (tertiary/aromatic N) is 2. The average Bonchev–Trinajstić information content (AvgIpc) is 3.79. The van der Waals surface area contributed by atoms with Crippen LogP contribution in [0.4, 0.5) is 11.4 Å². The molecular formula is C46H68CrN2O4-2. The molecule has 0 aliphatic carbocycles. The molecule has 7 heteroatoms. The molecule has 2 N–H and O–H groups in total. The summed E-state index contributed by atoms with van der Waals surface area (Å²) in [4.78, 5) is 9.64. The maximum Gasteiger partial charge on any atom is 0.128 e. The van der Waals surface area contributed by atoms with Crippen molar-refractivity contribution in [3.05, 3.63) is 94.6 Å². The van der Waals surface area contributed by atoms with Gasteiger partial charge in [-0.05, 0) is 69.5 Å². The molecule has 0 atom stereocenters. The second-order valence-corrected chi connectivity index (χ2v) is 17.8. The Kier molecular flexibility index (Phi) is 18.2. The number of aromatic hydroxyl groups is 2. The number of rotatable bonds is 4. The summed E-state index contributed by atoms with van der Waals surface area (Å²) < 4.78 is 9.64. The Morgan fingerprint density at radius 3 is 1.28 bits per heavy atom. The summed E-state index contributed by atoms with van der Waals surface area (Å²) in [6, 6.07) is 14.2. The van der Waals surface area contributed by atoms with E-state index in [1.165, 1.54) is 12.8 Å². The fraction of sp³-hybridized carbons (Fsp3) is 0.522. The predicted octanol–water partition coefficient (Wildman–Crippen LogP) is 12.6. The number of benzene rings is 3. The first kappa shape index (κ1) is 48.1. The van der Waals surface area contributed by atoms with Crippen molar-refractivity contribution in [3.8, 4) is 11.5 Å². The minimum absolute atomic E-state index is 0. The van der Waals surface area contributed by atoms with E-state index in [4.69, 9.17) is 19.5 Å². The van der Waals surface area contributed by atoms with Crippen LogP contribution in [0.25, 0.3) is 0 Å². The third-order valence-electron chi connectivity index (χ3n) is 8.85. The zero-order valence-corrected chi connectivity index (χ0v) is 35.4. The van der Waals surface area contributed by atoms with E-state index in [0.29, 0.717) is 22.5 Å². The summed E-state index contributed by atoms with van der Waals surface area (Å²) in [5, 5.41) is 22.5. The number of hydrogen-bond acceptors (Lipinski definition) is 6. The molecule has 0 unspecified atom stereocenters. The van der Waals surface area contributed by atoms with E-state index in [2.05, 4.69) is 95.2 Å². The smallest absolute Gasteiger partial charge is 0.128 e. The van der Waals surface area contributed by atoms with Gasteiger partial charge < -0.3 is 19.7 Å². The number of phenolic OH excluding ortho intramolecular Hbond substituents is 2. The van der Waals surface area contributed by atoms with Crippen LogP contribution < -0.4 is 0 Å². The number of ether oxygens (including phenoxy) is 2. The van der Waals surface area contributed by atoms with Gasteiger partial charge in [0.1, 0.15) is 11.5 Å². The van der Waals surface area contributed by atoms with Crippen molar-refractivity contribution in [2.45, 2.75) is 145 Å². The van der Waals surface area contributed by atoms with E-state index in [-0.39, 0.29) is 57.9 Å². The van der Waals surface area contributed by atoms with Crippen molar-refractivity contribution in [2.24, 2.45) is 9.98 Å². The number of aryl methyl sites for hydroxylation is 1. The Bertz CT molecular complexity index is 1630. The molecule has 3 aromatic rings. The van der Waals surface area contributed by atoms with Gasteiger partial charge in [0.05, 0.1) is 11.4 Å². The van der Waals surface area contributed by atoms with Crippen LogP contribution in [0.15, 0.2) is 52.4 Å². The molecule has 2 saturated heterocycles. The third kappa shape index (κ3) is 14.7. The molecule has 2 aliphatic rings. The minimum Gasteiger partial charge on any atom is -0.552 e. The first-order chi connectivity index (χ1) is 23.6. The summed E-state index contributed by atoms with van der Waals surface area (Å²) in [5.74, 6) is 0.510. The summed E-state index contributed by atoms with van der Waals surface area (Å²) in [6.45, 7) is 33.3.